The van der Waals surface area contributed by atoms with Crippen LogP contribution in [0, 0.1) is 34.6 Å². The van der Waals surface area contributed by atoms with Crippen LogP contribution in [-0.2, 0) is 9.84 Å². The molecule has 0 N–H and O–H groups in total. The van der Waals surface area contributed by atoms with E-state index in [4.69, 9.17) is 4.98 Å². The maximum atomic E-state index is 13.6. The number of piperidine rings is 1. The Kier molecular flexibility index (Phi) is 5.97. The molecule has 4 nitrogen and oxygen atoms in total. The first-order chi connectivity index (χ1) is 14.7. The number of aromatic nitrogens is 1. The highest BCUT2D eigenvalue weighted by Gasteiger charge is 2.34. The Labute approximate surface area is 189 Å². The van der Waals surface area contributed by atoms with Crippen molar-refractivity contribution in [3.63, 3.8) is 0 Å². The molecule has 0 atom stereocenters. The minimum absolute atomic E-state index is 0.335. The second kappa shape index (κ2) is 8.40. The number of thiazole rings is 1. The van der Waals surface area contributed by atoms with E-state index in [0.717, 1.165) is 38.6 Å². The fourth-order valence-corrected chi connectivity index (χ4v) is 7.71. The molecular formula is C25H30N2O2S2. The number of anilines is 1. The van der Waals surface area contributed by atoms with Crippen molar-refractivity contribution in [2.75, 3.05) is 18.0 Å². The predicted octanol–water partition coefficient (Wildman–Crippen LogP) is 5.79. The monoisotopic (exact) mass is 454 g/mol. The molecule has 164 valence electrons. The van der Waals surface area contributed by atoms with E-state index in [2.05, 4.69) is 47.5 Å². The molecule has 6 heteroatoms. The van der Waals surface area contributed by atoms with E-state index in [1.54, 1.807) is 11.3 Å². The van der Waals surface area contributed by atoms with Gasteiger partial charge in [-0.3, -0.25) is 0 Å². The van der Waals surface area contributed by atoms with Crippen molar-refractivity contribution in [3.8, 4) is 11.3 Å². The van der Waals surface area contributed by atoms with Crippen molar-refractivity contribution in [2.24, 2.45) is 0 Å². The number of sulfone groups is 1. The molecule has 31 heavy (non-hydrogen) atoms. The van der Waals surface area contributed by atoms with E-state index in [1.807, 2.05) is 27.7 Å². The van der Waals surface area contributed by atoms with Crippen LogP contribution in [-0.4, -0.2) is 31.7 Å². The molecule has 0 unspecified atom stereocenters. The topological polar surface area (TPSA) is 50.3 Å². The number of aryl methyl sites for hydroxylation is 3. The Morgan fingerprint density at radius 1 is 0.968 bits per heavy atom. The number of hydrogen-bond donors (Lipinski definition) is 0. The summed E-state index contributed by atoms with van der Waals surface area (Å²) in [7, 11) is -3.36. The van der Waals surface area contributed by atoms with E-state index >= 15 is 0 Å². The Bertz CT molecular complexity index is 1190. The number of hydrogen-bond acceptors (Lipinski definition) is 5. The molecule has 1 aliphatic heterocycles. The number of benzene rings is 2. The Morgan fingerprint density at radius 2 is 1.61 bits per heavy atom. The highest BCUT2D eigenvalue weighted by atomic mass is 32.2. The zero-order valence-electron chi connectivity index (χ0n) is 18.9. The third-order valence-corrected chi connectivity index (χ3v) is 9.97. The van der Waals surface area contributed by atoms with Gasteiger partial charge in [0.1, 0.15) is 0 Å². The summed E-state index contributed by atoms with van der Waals surface area (Å²) in [5.41, 5.74) is 7.22. The summed E-state index contributed by atoms with van der Waals surface area (Å²) in [6, 6.07) is 10.4. The fraction of sp³-hybridized carbons (Fsp3) is 0.400. The van der Waals surface area contributed by atoms with Gasteiger partial charge >= 0.3 is 0 Å². The SMILES string of the molecule is Cc1cccc(-c2csc(N3CCC(S(=O)(=O)c4c(C)c(C)cc(C)c4C)CC3)n2)c1. The third kappa shape index (κ3) is 4.15. The third-order valence-electron chi connectivity index (χ3n) is 6.54. The van der Waals surface area contributed by atoms with Crippen LogP contribution >= 0.6 is 11.3 Å². The van der Waals surface area contributed by atoms with Gasteiger partial charge in [0, 0.05) is 24.0 Å². The predicted molar refractivity (Wildman–Crippen MR) is 130 cm³/mol. The second-order valence-corrected chi connectivity index (χ2v) is 11.7. The average molecular weight is 455 g/mol. The van der Waals surface area contributed by atoms with Gasteiger partial charge in [-0.25, -0.2) is 13.4 Å². The lowest BCUT2D eigenvalue weighted by Gasteiger charge is -2.32. The fourth-order valence-electron chi connectivity index (χ4n) is 4.48. The van der Waals surface area contributed by atoms with Gasteiger partial charge in [0.25, 0.3) is 0 Å². The normalized spacial score (nSPS) is 15.5. The van der Waals surface area contributed by atoms with E-state index in [9.17, 15) is 8.42 Å². The van der Waals surface area contributed by atoms with Crippen LogP contribution in [0.25, 0.3) is 11.3 Å². The molecule has 0 amide bonds. The molecule has 2 aromatic carbocycles. The molecule has 0 saturated carbocycles. The largest absolute Gasteiger partial charge is 0.348 e. The summed E-state index contributed by atoms with van der Waals surface area (Å²) in [5, 5.41) is 2.74. The summed E-state index contributed by atoms with van der Waals surface area (Å²) < 4.78 is 27.1. The molecule has 0 bridgehead atoms. The van der Waals surface area contributed by atoms with Crippen molar-refractivity contribution >= 4 is 26.3 Å². The zero-order valence-corrected chi connectivity index (χ0v) is 20.5. The van der Waals surface area contributed by atoms with Gasteiger partial charge in [0.2, 0.25) is 0 Å². The summed E-state index contributed by atoms with van der Waals surface area (Å²) in [5.74, 6) is 0. The van der Waals surface area contributed by atoms with Gasteiger partial charge in [0.05, 0.1) is 15.8 Å². The summed E-state index contributed by atoms with van der Waals surface area (Å²) >= 11 is 1.64. The molecule has 1 fully saturated rings. The van der Waals surface area contributed by atoms with Crippen molar-refractivity contribution < 1.29 is 8.42 Å². The molecule has 0 radical (unpaired) electrons. The Balaban J connectivity index is 1.52. The van der Waals surface area contributed by atoms with Gasteiger partial charge in [-0.1, -0.05) is 29.8 Å². The number of nitrogens with zero attached hydrogens (tertiary/aromatic N) is 2. The lowest BCUT2D eigenvalue weighted by Crippen LogP contribution is -2.39. The van der Waals surface area contributed by atoms with Crippen LogP contribution in [0.4, 0.5) is 5.13 Å². The standard InChI is InChI=1S/C25H30N2O2S2/c1-16-7-6-8-21(13-16)23-15-30-25(26-23)27-11-9-22(10-12-27)31(28,29)24-19(4)17(2)14-18(3)20(24)5/h6-8,13-15,22H,9-12H2,1-5H3. The van der Waals surface area contributed by atoms with E-state index in [1.165, 1.54) is 5.56 Å². The van der Waals surface area contributed by atoms with Crippen LogP contribution in [0.1, 0.15) is 40.7 Å². The van der Waals surface area contributed by atoms with Crippen molar-refractivity contribution in [2.45, 2.75) is 57.6 Å². The van der Waals surface area contributed by atoms with E-state index < -0.39 is 9.84 Å². The van der Waals surface area contributed by atoms with Gasteiger partial charge in [0.15, 0.2) is 15.0 Å². The smallest absolute Gasteiger partial charge is 0.185 e. The molecule has 1 aromatic heterocycles. The van der Waals surface area contributed by atoms with Gasteiger partial charge in [-0.05, 0) is 75.8 Å². The summed E-state index contributed by atoms with van der Waals surface area (Å²) in [6.07, 6.45) is 1.27. The minimum Gasteiger partial charge on any atom is -0.348 e. The molecule has 4 rings (SSSR count). The highest BCUT2D eigenvalue weighted by Crippen LogP contribution is 2.34. The van der Waals surface area contributed by atoms with Crippen LogP contribution in [0.3, 0.4) is 0 Å². The Hall–Kier alpha value is -2.18. The van der Waals surface area contributed by atoms with Crippen LogP contribution in [0.15, 0.2) is 40.6 Å². The molecule has 2 heterocycles. The summed E-state index contributed by atoms with van der Waals surface area (Å²) in [4.78, 5) is 7.63. The van der Waals surface area contributed by atoms with Crippen molar-refractivity contribution in [1.82, 2.24) is 4.98 Å². The Morgan fingerprint density at radius 3 is 2.23 bits per heavy atom. The quantitative estimate of drug-likeness (QED) is 0.500. The molecular weight excluding hydrogens is 424 g/mol. The minimum atomic E-state index is -3.36. The van der Waals surface area contributed by atoms with E-state index in [-0.39, 0.29) is 5.25 Å². The highest BCUT2D eigenvalue weighted by molar-refractivity contribution is 7.92. The maximum absolute atomic E-state index is 13.6. The molecule has 3 aromatic rings. The van der Waals surface area contributed by atoms with Crippen molar-refractivity contribution in [3.05, 3.63) is 63.5 Å². The second-order valence-electron chi connectivity index (χ2n) is 8.71. The van der Waals surface area contributed by atoms with Crippen LogP contribution < -0.4 is 4.90 Å². The zero-order chi connectivity index (χ0) is 22.3. The van der Waals surface area contributed by atoms with Gasteiger partial charge in [-0.2, -0.15) is 0 Å². The molecule has 1 saturated heterocycles. The first-order valence-electron chi connectivity index (χ1n) is 10.8. The molecule has 0 spiro atoms. The van der Waals surface area contributed by atoms with Crippen molar-refractivity contribution in [1.29, 1.82) is 0 Å². The molecule has 1 aliphatic rings. The first kappa shape index (κ1) is 22.0. The summed E-state index contributed by atoms with van der Waals surface area (Å²) in [6.45, 7) is 11.4. The van der Waals surface area contributed by atoms with E-state index in [0.29, 0.717) is 30.8 Å². The number of rotatable bonds is 4. The van der Waals surface area contributed by atoms with Crippen LogP contribution in [0.5, 0.6) is 0 Å². The lowest BCUT2D eigenvalue weighted by molar-refractivity contribution is 0.528. The van der Waals surface area contributed by atoms with Crippen LogP contribution in [0.2, 0.25) is 0 Å². The lowest BCUT2D eigenvalue weighted by atomic mass is 10.0. The molecule has 0 aliphatic carbocycles. The van der Waals surface area contributed by atoms with Gasteiger partial charge in [-0.15, -0.1) is 11.3 Å². The van der Waals surface area contributed by atoms with Gasteiger partial charge < -0.3 is 4.90 Å². The maximum Gasteiger partial charge on any atom is 0.185 e. The average Bonchev–Trinajstić information content (AvgIpc) is 3.23. The first-order valence-corrected chi connectivity index (χ1v) is 13.2.